The van der Waals surface area contributed by atoms with Gasteiger partial charge in [-0.3, -0.25) is 0 Å². The van der Waals surface area contributed by atoms with Gasteiger partial charge in [-0.25, -0.2) is 19.3 Å². The van der Waals surface area contributed by atoms with Crippen molar-refractivity contribution in [2.24, 2.45) is 0 Å². The Morgan fingerprint density at radius 1 is 0.333 bits per heavy atom. The standard InChI is InChI=1S/C51H32FN5/c52-37-19-13-18-35(30-37)36-26-28-42(51-54-49(33-14-3-1-4-15-33)53-50(55-51)34-16-5-2-6-17-34)48(31-36)57-46-25-12-9-22-41(46)43-32-38(27-29-47(43)57)56-44-23-10-7-20-39(44)40-21-8-11-24-45(40)56/h1-32H. The molecule has 0 saturated heterocycles. The first-order valence-corrected chi connectivity index (χ1v) is 19.0. The Morgan fingerprint density at radius 2 is 0.825 bits per heavy atom. The predicted molar refractivity (Wildman–Crippen MR) is 230 cm³/mol. The summed E-state index contributed by atoms with van der Waals surface area (Å²) in [5.74, 6) is 1.41. The zero-order chi connectivity index (χ0) is 37.9. The van der Waals surface area contributed by atoms with Crippen LogP contribution in [0.1, 0.15) is 0 Å². The highest BCUT2D eigenvalue weighted by Gasteiger charge is 2.21. The van der Waals surface area contributed by atoms with E-state index in [1.165, 1.54) is 16.8 Å². The second-order valence-electron chi connectivity index (χ2n) is 14.2. The summed E-state index contributed by atoms with van der Waals surface area (Å²) in [7, 11) is 0. The van der Waals surface area contributed by atoms with E-state index in [9.17, 15) is 4.39 Å². The third kappa shape index (κ3) is 5.49. The SMILES string of the molecule is Fc1cccc(-c2ccc(-c3nc(-c4ccccc4)nc(-c4ccccc4)n3)c(-n3c4ccccc4c4cc(-n5c6ccccc6c6ccccc65)ccc43)c2)c1. The van der Waals surface area contributed by atoms with Crippen molar-refractivity contribution >= 4 is 43.6 Å². The normalized spacial score (nSPS) is 11.6. The summed E-state index contributed by atoms with van der Waals surface area (Å²) in [5.41, 5.74) is 10.6. The van der Waals surface area contributed by atoms with Gasteiger partial charge in [-0.1, -0.05) is 133 Å². The van der Waals surface area contributed by atoms with Crippen LogP contribution in [0.25, 0.3) is 100 Å². The van der Waals surface area contributed by atoms with Crippen LogP contribution >= 0.6 is 0 Å². The minimum atomic E-state index is -0.287. The van der Waals surface area contributed by atoms with Gasteiger partial charge in [0, 0.05) is 43.9 Å². The maximum atomic E-state index is 14.7. The number of benzene rings is 8. The zero-order valence-electron chi connectivity index (χ0n) is 30.6. The summed E-state index contributed by atoms with van der Waals surface area (Å²) < 4.78 is 19.4. The van der Waals surface area contributed by atoms with Crippen LogP contribution in [-0.2, 0) is 0 Å². The van der Waals surface area contributed by atoms with Crippen molar-refractivity contribution in [1.29, 1.82) is 0 Å². The van der Waals surface area contributed by atoms with E-state index >= 15 is 0 Å². The largest absolute Gasteiger partial charge is 0.309 e. The molecule has 0 bridgehead atoms. The maximum Gasteiger partial charge on any atom is 0.166 e. The number of fused-ring (bicyclic) bond motifs is 6. The van der Waals surface area contributed by atoms with E-state index < -0.39 is 0 Å². The highest BCUT2D eigenvalue weighted by Crippen LogP contribution is 2.40. The second-order valence-corrected chi connectivity index (χ2v) is 14.2. The van der Waals surface area contributed by atoms with E-state index in [1.54, 1.807) is 12.1 Å². The molecular weight excluding hydrogens is 702 g/mol. The van der Waals surface area contributed by atoms with E-state index in [1.807, 2.05) is 72.8 Å². The van der Waals surface area contributed by atoms with Gasteiger partial charge in [0.1, 0.15) is 5.82 Å². The molecule has 3 aromatic heterocycles. The van der Waals surface area contributed by atoms with Gasteiger partial charge < -0.3 is 9.13 Å². The molecule has 0 aliphatic rings. The lowest BCUT2D eigenvalue weighted by atomic mass is 10.0. The number of nitrogens with zero attached hydrogens (tertiary/aromatic N) is 5. The van der Waals surface area contributed by atoms with Gasteiger partial charge in [-0.05, 0) is 71.8 Å². The van der Waals surface area contributed by atoms with Gasteiger partial charge in [0.25, 0.3) is 0 Å². The van der Waals surface area contributed by atoms with Gasteiger partial charge >= 0.3 is 0 Å². The van der Waals surface area contributed by atoms with Crippen LogP contribution in [0.3, 0.4) is 0 Å². The summed E-state index contributed by atoms with van der Waals surface area (Å²) >= 11 is 0. The summed E-state index contributed by atoms with van der Waals surface area (Å²) in [6.07, 6.45) is 0. The average Bonchev–Trinajstić information content (AvgIpc) is 3.79. The molecule has 5 nitrogen and oxygen atoms in total. The van der Waals surface area contributed by atoms with E-state index in [4.69, 9.17) is 15.0 Å². The topological polar surface area (TPSA) is 48.5 Å². The smallest absolute Gasteiger partial charge is 0.166 e. The monoisotopic (exact) mass is 733 g/mol. The lowest BCUT2D eigenvalue weighted by Crippen LogP contribution is -2.04. The number of halogens is 1. The molecule has 268 valence electrons. The summed E-state index contributed by atoms with van der Waals surface area (Å²) in [4.78, 5) is 15.3. The van der Waals surface area contributed by atoms with Gasteiger partial charge in [0.2, 0.25) is 0 Å². The fourth-order valence-electron chi connectivity index (χ4n) is 8.24. The molecular formula is C51H32FN5. The predicted octanol–water partition coefficient (Wildman–Crippen LogP) is 12.9. The molecule has 11 rings (SSSR count). The Labute approximate surface area is 327 Å². The van der Waals surface area contributed by atoms with Crippen LogP contribution in [-0.4, -0.2) is 24.1 Å². The van der Waals surface area contributed by atoms with E-state index in [0.717, 1.165) is 72.0 Å². The molecule has 0 spiro atoms. The zero-order valence-corrected chi connectivity index (χ0v) is 30.6. The quantitative estimate of drug-likeness (QED) is 0.171. The van der Waals surface area contributed by atoms with Crippen LogP contribution in [0.4, 0.5) is 4.39 Å². The van der Waals surface area contributed by atoms with Crippen molar-refractivity contribution in [2.75, 3.05) is 0 Å². The van der Waals surface area contributed by atoms with Crippen molar-refractivity contribution in [2.45, 2.75) is 0 Å². The van der Waals surface area contributed by atoms with Crippen molar-refractivity contribution in [3.8, 4) is 56.7 Å². The second kappa shape index (κ2) is 13.3. The van der Waals surface area contributed by atoms with Crippen LogP contribution in [0.5, 0.6) is 0 Å². The molecule has 3 heterocycles. The number of aromatic nitrogens is 5. The molecule has 0 radical (unpaired) electrons. The Morgan fingerprint density at radius 3 is 1.44 bits per heavy atom. The lowest BCUT2D eigenvalue weighted by Gasteiger charge is -2.17. The van der Waals surface area contributed by atoms with Gasteiger partial charge in [0.05, 0.1) is 27.8 Å². The van der Waals surface area contributed by atoms with Gasteiger partial charge in [-0.15, -0.1) is 0 Å². The van der Waals surface area contributed by atoms with E-state index in [0.29, 0.717) is 17.5 Å². The molecule has 6 heteroatoms. The molecule has 11 aromatic rings. The average molecular weight is 734 g/mol. The number of rotatable bonds is 6. The Balaban J connectivity index is 1.20. The number of hydrogen-bond donors (Lipinski definition) is 0. The third-order valence-electron chi connectivity index (χ3n) is 10.8. The maximum absolute atomic E-state index is 14.7. The molecule has 0 aliphatic heterocycles. The first-order chi connectivity index (χ1) is 28.2. The summed E-state index contributed by atoms with van der Waals surface area (Å²) in [6.45, 7) is 0. The molecule has 0 N–H and O–H groups in total. The first kappa shape index (κ1) is 32.7. The van der Waals surface area contributed by atoms with Gasteiger partial charge in [-0.2, -0.15) is 0 Å². The number of para-hydroxylation sites is 3. The molecule has 0 atom stereocenters. The summed E-state index contributed by atoms with van der Waals surface area (Å²) in [6, 6.07) is 65.4. The summed E-state index contributed by atoms with van der Waals surface area (Å²) in [5, 5.41) is 4.66. The Hall–Kier alpha value is -7.70. The fourth-order valence-corrected chi connectivity index (χ4v) is 8.24. The third-order valence-corrected chi connectivity index (χ3v) is 10.8. The minimum Gasteiger partial charge on any atom is -0.309 e. The molecule has 0 fully saturated rings. The first-order valence-electron chi connectivity index (χ1n) is 19.0. The number of hydrogen-bond acceptors (Lipinski definition) is 3. The van der Waals surface area contributed by atoms with Crippen molar-refractivity contribution < 1.29 is 4.39 Å². The highest BCUT2D eigenvalue weighted by molar-refractivity contribution is 6.12. The van der Waals surface area contributed by atoms with Crippen molar-refractivity contribution in [1.82, 2.24) is 24.1 Å². The Bertz CT molecular complexity index is 3200. The molecule has 0 saturated carbocycles. The van der Waals surface area contributed by atoms with Crippen LogP contribution in [0.15, 0.2) is 194 Å². The van der Waals surface area contributed by atoms with E-state index in [-0.39, 0.29) is 5.82 Å². The minimum absolute atomic E-state index is 0.287. The molecule has 0 aliphatic carbocycles. The van der Waals surface area contributed by atoms with Crippen molar-refractivity contribution in [3.63, 3.8) is 0 Å². The fraction of sp³-hybridized carbons (Fsp3) is 0. The molecule has 0 amide bonds. The van der Waals surface area contributed by atoms with Crippen LogP contribution in [0, 0.1) is 5.82 Å². The Kier molecular flexibility index (Phi) is 7.60. The van der Waals surface area contributed by atoms with Gasteiger partial charge in [0.15, 0.2) is 17.5 Å². The van der Waals surface area contributed by atoms with Crippen LogP contribution in [0.2, 0.25) is 0 Å². The molecule has 8 aromatic carbocycles. The lowest BCUT2D eigenvalue weighted by molar-refractivity contribution is 0.628. The highest BCUT2D eigenvalue weighted by atomic mass is 19.1. The molecule has 57 heavy (non-hydrogen) atoms. The van der Waals surface area contributed by atoms with Crippen molar-refractivity contribution in [3.05, 3.63) is 200 Å². The van der Waals surface area contributed by atoms with E-state index in [2.05, 4.69) is 112 Å². The molecule has 0 unspecified atom stereocenters. The van der Waals surface area contributed by atoms with Crippen LogP contribution < -0.4 is 0 Å².